The molecule has 0 atom stereocenters. The molecule has 0 saturated heterocycles. The first kappa shape index (κ1) is 19.0. The molecule has 5 nitrogen and oxygen atoms in total. The summed E-state index contributed by atoms with van der Waals surface area (Å²) in [6, 6.07) is 5.61. The van der Waals surface area contributed by atoms with Crippen LogP contribution in [-0.2, 0) is 4.79 Å². The quantitative estimate of drug-likeness (QED) is 0.731. The average Bonchev–Trinajstić information content (AvgIpc) is 3.14. The first-order valence-corrected chi connectivity index (χ1v) is 10.7. The number of ether oxygens (including phenoxy) is 2. The van der Waals surface area contributed by atoms with Crippen LogP contribution in [-0.4, -0.2) is 36.1 Å². The molecule has 0 radical (unpaired) electrons. The number of rotatable bonds is 7. The fourth-order valence-corrected chi connectivity index (χ4v) is 4.90. The summed E-state index contributed by atoms with van der Waals surface area (Å²) < 4.78 is 10.7. The normalized spacial score (nSPS) is 14.8. The van der Waals surface area contributed by atoms with Gasteiger partial charge in [-0.3, -0.25) is 4.79 Å². The van der Waals surface area contributed by atoms with Gasteiger partial charge in [0, 0.05) is 22.3 Å². The minimum absolute atomic E-state index is 0.0168. The summed E-state index contributed by atoms with van der Waals surface area (Å²) in [6.07, 6.45) is 6.38. The zero-order valence-corrected chi connectivity index (χ0v) is 16.8. The van der Waals surface area contributed by atoms with Crippen LogP contribution in [0.4, 0.5) is 5.13 Å². The SMILES string of the molecule is COc1ccc(-c2csc(NC(=O)CSC3CCCCC3)n2)c(OC)c1. The van der Waals surface area contributed by atoms with E-state index in [9.17, 15) is 4.79 Å². The van der Waals surface area contributed by atoms with E-state index in [0.717, 1.165) is 17.0 Å². The van der Waals surface area contributed by atoms with Crippen LogP contribution in [0.3, 0.4) is 0 Å². The van der Waals surface area contributed by atoms with Crippen molar-refractivity contribution >= 4 is 34.1 Å². The van der Waals surface area contributed by atoms with Crippen LogP contribution in [0.5, 0.6) is 11.5 Å². The summed E-state index contributed by atoms with van der Waals surface area (Å²) in [5, 5.41) is 6.09. The fourth-order valence-electron chi connectivity index (χ4n) is 3.05. The molecule has 1 aromatic heterocycles. The van der Waals surface area contributed by atoms with Gasteiger partial charge in [-0.1, -0.05) is 19.3 Å². The number of hydrogen-bond acceptors (Lipinski definition) is 6. The highest BCUT2D eigenvalue weighted by atomic mass is 32.2. The zero-order valence-electron chi connectivity index (χ0n) is 15.1. The smallest absolute Gasteiger partial charge is 0.236 e. The minimum Gasteiger partial charge on any atom is -0.497 e. The lowest BCUT2D eigenvalue weighted by atomic mass is 10.0. The van der Waals surface area contributed by atoms with Crippen LogP contribution < -0.4 is 14.8 Å². The van der Waals surface area contributed by atoms with E-state index in [1.165, 1.54) is 43.4 Å². The molecule has 0 spiro atoms. The third kappa shape index (κ3) is 4.92. The second-order valence-corrected chi connectivity index (χ2v) is 8.37. The van der Waals surface area contributed by atoms with Gasteiger partial charge in [-0.25, -0.2) is 4.98 Å². The van der Waals surface area contributed by atoms with Crippen LogP contribution in [0.2, 0.25) is 0 Å². The molecule has 1 aliphatic rings. The average molecular weight is 393 g/mol. The number of hydrogen-bond donors (Lipinski definition) is 1. The van der Waals surface area contributed by atoms with Crippen molar-refractivity contribution in [2.75, 3.05) is 25.3 Å². The Labute approximate surface area is 162 Å². The molecule has 0 aliphatic heterocycles. The van der Waals surface area contributed by atoms with Gasteiger partial charge < -0.3 is 14.8 Å². The third-order valence-electron chi connectivity index (χ3n) is 4.44. The molecule has 2 aromatic rings. The van der Waals surface area contributed by atoms with Crippen molar-refractivity contribution in [1.29, 1.82) is 0 Å². The number of methoxy groups -OCH3 is 2. The van der Waals surface area contributed by atoms with Gasteiger partial charge in [0.05, 0.1) is 25.7 Å². The standard InChI is InChI=1S/C19H24N2O3S2/c1-23-13-8-9-15(17(10-13)24-2)16-11-26-19(20-16)21-18(22)12-25-14-6-4-3-5-7-14/h8-11,14H,3-7,12H2,1-2H3,(H,20,21,22). The number of benzene rings is 1. The molecule has 0 bridgehead atoms. The lowest BCUT2D eigenvalue weighted by Crippen LogP contribution is -2.17. The fraction of sp³-hybridized carbons (Fsp3) is 0.474. The van der Waals surface area contributed by atoms with Gasteiger partial charge in [0.25, 0.3) is 0 Å². The number of nitrogens with zero attached hydrogens (tertiary/aromatic N) is 1. The van der Waals surface area contributed by atoms with Gasteiger partial charge in [-0.2, -0.15) is 0 Å². The van der Waals surface area contributed by atoms with Gasteiger partial charge >= 0.3 is 0 Å². The van der Waals surface area contributed by atoms with Crippen molar-refractivity contribution in [3.63, 3.8) is 0 Å². The molecule has 1 fully saturated rings. The minimum atomic E-state index is 0.0168. The number of thioether (sulfide) groups is 1. The Morgan fingerprint density at radius 1 is 1.27 bits per heavy atom. The van der Waals surface area contributed by atoms with Crippen molar-refractivity contribution in [3.8, 4) is 22.8 Å². The molecule has 1 N–H and O–H groups in total. The second-order valence-electron chi connectivity index (χ2n) is 6.22. The second kappa shape index (κ2) is 9.28. The molecule has 7 heteroatoms. The van der Waals surface area contributed by atoms with Crippen molar-refractivity contribution < 1.29 is 14.3 Å². The lowest BCUT2D eigenvalue weighted by Gasteiger charge is -2.20. The molecule has 26 heavy (non-hydrogen) atoms. The number of aromatic nitrogens is 1. The molecular formula is C19H24N2O3S2. The number of nitrogens with one attached hydrogen (secondary N) is 1. The van der Waals surface area contributed by atoms with Crippen LogP contribution in [0.25, 0.3) is 11.3 Å². The van der Waals surface area contributed by atoms with E-state index in [4.69, 9.17) is 9.47 Å². The first-order valence-electron chi connectivity index (χ1n) is 8.79. The number of anilines is 1. The van der Waals surface area contributed by atoms with E-state index in [-0.39, 0.29) is 5.91 Å². The van der Waals surface area contributed by atoms with Crippen LogP contribution in [0, 0.1) is 0 Å². The zero-order chi connectivity index (χ0) is 18.4. The summed E-state index contributed by atoms with van der Waals surface area (Å²) in [5.74, 6) is 1.93. The molecule has 1 saturated carbocycles. The Morgan fingerprint density at radius 3 is 2.81 bits per heavy atom. The maximum absolute atomic E-state index is 12.2. The predicted molar refractivity (Wildman–Crippen MR) is 109 cm³/mol. The summed E-state index contributed by atoms with van der Waals surface area (Å²) in [5.41, 5.74) is 1.66. The van der Waals surface area contributed by atoms with E-state index < -0.39 is 0 Å². The van der Waals surface area contributed by atoms with Crippen LogP contribution >= 0.6 is 23.1 Å². The Kier molecular flexibility index (Phi) is 6.80. The highest BCUT2D eigenvalue weighted by Gasteiger charge is 2.16. The summed E-state index contributed by atoms with van der Waals surface area (Å²) in [7, 11) is 3.24. The summed E-state index contributed by atoms with van der Waals surface area (Å²) in [4.78, 5) is 16.7. The van der Waals surface area contributed by atoms with Crippen molar-refractivity contribution in [1.82, 2.24) is 4.98 Å². The number of carbonyl (C=O) groups excluding carboxylic acids is 1. The molecule has 1 amide bonds. The van der Waals surface area contributed by atoms with Gasteiger partial charge in [-0.15, -0.1) is 23.1 Å². The molecule has 140 valence electrons. The lowest BCUT2D eigenvalue weighted by molar-refractivity contribution is -0.113. The number of carbonyl (C=O) groups is 1. The molecule has 1 aliphatic carbocycles. The Hall–Kier alpha value is -1.73. The van der Waals surface area contributed by atoms with E-state index in [1.807, 2.05) is 23.6 Å². The monoisotopic (exact) mass is 392 g/mol. The first-order chi connectivity index (χ1) is 12.7. The number of thiazole rings is 1. The van der Waals surface area contributed by atoms with E-state index in [2.05, 4.69) is 10.3 Å². The van der Waals surface area contributed by atoms with Crippen LogP contribution in [0.1, 0.15) is 32.1 Å². The molecular weight excluding hydrogens is 368 g/mol. The van der Waals surface area contributed by atoms with Crippen molar-refractivity contribution in [2.45, 2.75) is 37.4 Å². The Bertz CT molecular complexity index is 742. The predicted octanol–water partition coefficient (Wildman–Crippen LogP) is 4.83. The highest BCUT2D eigenvalue weighted by molar-refractivity contribution is 8.00. The van der Waals surface area contributed by atoms with Gasteiger partial charge in [-0.05, 0) is 25.0 Å². The van der Waals surface area contributed by atoms with Gasteiger partial charge in [0.2, 0.25) is 5.91 Å². The van der Waals surface area contributed by atoms with E-state index in [1.54, 1.807) is 26.0 Å². The van der Waals surface area contributed by atoms with E-state index in [0.29, 0.717) is 21.9 Å². The summed E-state index contributed by atoms with van der Waals surface area (Å²) in [6.45, 7) is 0. The van der Waals surface area contributed by atoms with Crippen molar-refractivity contribution in [3.05, 3.63) is 23.6 Å². The van der Waals surface area contributed by atoms with E-state index >= 15 is 0 Å². The molecule has 0 unspecified atom stereocenters. The van der Waals surface area contributed by atoms with Gasteiger partial charge in [0.15, 0.2) is 5.13 Å². The highest BCUT2D eigenvalue weighted by Crippen LogP contribution is 2.35. The topological polar surface area (TPSA) is 60.5 Å². The van der Waals surface area contributed by atoms with Crippen LogP contribution in [0.15, 0.2) is 23.6 Å². The molecule has 1 aromatic carbocycles. The molecule has 3 rings (SSSR count). The molecule has 1 heterocycles. The Balaban J connectivity index is 1.60. The third-order valence-corrected chi connectivity index (χ3v) is 6.57. The summed E-state index contributed by atoms with van der Waals surface area (Å²) >= 11 is 3.19. The van der Waals surface area contributed by atoms with Crippen molar-refractivity contribution in [2.24, 2.45) is 0 Å². The van der Waals surface area contributed by atoms with Gasteiger partial charge in [0.1, 0.15) is 11.5 Å². The Morgan fingerprint density at radius 2 is 2.08 bits per heavy atom. The maximum atomic E-state index is 12.2. The largest absolute Gasteiger partial charge is 0.497 e. The maximum Gasteiger partial charge on any atom is 0.236 e. The number of amides is 1.